The molecule has 0 spiro atoms. The predicted octanol–water partition coefficient (Wildman–Crippen LogP) is 2.54. The fraction of sp³-hybridized carbons (Fsp3) is 0.571. The van der Waals surface area contributed by atoms with Crippen molar-refractivity contribution in [1.82, 2.24) is 10.2 Å². The number of hydrogen-bond donors (Lipinski definition) is 1. The first-order valence-electron chi connectivity index (χ1n) is 6.58. The van der Waals surface area contributed by atoms with Crippen LogP contribution in [-0.4, -0.2) is 30.6 Å². The highest BCUT2D eigenvalue weighted by atomic mass is 19.1. The molecule has 1 aromatic rings. The minimum Gasteiger partial charge on any atom is -0.313 e. The van der Waals surface area contributed by atoms with Crippen LogP contribution in [0.1, 0.15) is 25.3 Å². The first-order valence-corrected chi connectivity index (χ1v) is 6.58. The van der Waals surface area contributed by atoms with E-state index in [1.165, 1.54) is 25.0 Å². The number of nitrogens with zero attached hydrogens (tertiary/aromatic N) is 1. The molecule has 18 heavy (non-hydrogen) atoms. The molecule has 0 aliphatic carbocycles. The smallest absolute Gasteiger partial charge is 0.126 e. The van der Waals surface area contributed by atoms with Crippen molar-refractivity contribution < 1.29 is 8.78 Å². The molecular formula is C14H20F2N2. The quantitative estimate of drug-likeness (QED) is 0.868. The zero-order valence-corrected chi connectivity index (χ0v) is 10.8. The summed E-state index contributed by atoms with van der Waals surface area (Å²) in [7, 11) is 0. The molecule has 100 valence electrons. The SMILES string of the molecule is CCN(Cc1cc(F)cc(F)c1)CC1CCCN1. The van der Waals surface area contributed by atoms with Crippen LogP contribution in [0.2, 0.25) is 0 Å². The lowest BCUT2D eigenvalue weighted by Crippen LogP contribution is -2.37. The van der Waals surface area contributed by atoms with Gasteiger partial charge >= 0.3 is 0 Å². The molecule has 0 saturated carbocycles. The Morgan fingerprint density at radius 2 is 2.00 bits per heavy atom. The van der Waals surface area contributed by atoms with Crippen LogP contribution >= 0.6 is 0 Å². The van der Waals surface area contributed by atoms with Gasteiger partial charge < -0.3 is 5.32 Å². The van der Waals surface area contributed by atoms with Crippen molar-refractivity contribution in [2.24, 2.45) is 0 Å². The third kappa shape index (κ3) is 3.75. The second-order valence-electron chi connectivity index (χ2n) is 4.90. The van der Waals surface area contributed by atoms with Crippen molar-refractivity contribution in [2.45, 2.75) is 32.4 Å². The van der Waals surface area contributed by atoms with E-state index in [-0.39, 0.29) is 0 Å². The molecule has 0 radical (unpaired) electrons. The number of hydrogen-bond acceptors (Lipinski definition) is 2. The molecule has 0 aromatic heterocycles. The van der Waals surface area contributed by atoms with Gasteiger partial charge in [0.25, 0.3) is 0 Å². The molecule has 1 N–H and O–H groups in total. The summed E-state index contributed by atoms with van der Waals surface area (Å²) in [5.41, 5.74) is 0.701. The summed E-state index contributed by atoms with van der Waals surface area (Å²) in [5.74, 6) is -1.000. The van der Waals surface area contributed by atoms with Gasteiger partial charge in [0.05, 0.1) is 0 Å². The third-order valence-corrected chi connectivity index (χ3v) is 3.42. The van der Waals surface area contributed by atoms with Crippen LogP contribution in [0.15, 0.2) is 18.2 Å². The van der Waals surface area contributed by atoms with Crippen molar-refractivity contribution in [2.75, 3.05) is 19.6 Å². The summed E-state index contributed by atoms with van der Waals surface area (Å²) in [4.78, 5) is 2.22. The van der Waals surface area contributed by atoms with E-state index in [4.69, 9.17) is 0 Å². The highest BCUT2D eigenvalue weighted by molar-refractivity contribution is 5.17. The van der Waals surface area contributed by atoms with E-state index in [1.807, 2.05) is 0 Å². The van der Waals surface area contributed by atoms with Gasteiger partial charge in [0.1, 0.15) is 11.6 Å². The van der Waals surface area contributed by atoms with E-state index in [0.717, 1.165) is 25.7 Å². The van der Waals surface area contributed by atoms with Crippen LogP contribution in [0, 0.1) is 11.6 Å². The Labute approximate surface area is 107 Å². The largest absolute Gasteiger partial charge is 0.313 e. The number of rotatable bonds is 5. The molecule has 4 heteroatoms. The number of likely N-dealkylation sites (N-methyl/N-ethyl adjacent to an activating group) is 1. The lowest BCUT2D eigenvalue weighted by Gasteiger charge is -2.24. The summed E-state index contributed by atoms with van der Waals surface area (Å²) in [5, 5.41) is 3.44. The van der Waals surface area contributed by atoms with E-state index in [9.17, 15) is 8.78 Å². The van der Waals surface area contributed by atoms with E-state index in [2.05, 4.69) is 17.1 Å². The van der Waals surface area contributed by atoms with Crippen LogP contribution in [-0.2, 0) is 6.54 Å². The highest BCUT2D eigenvalue weighted by Crippen LogP contribution is 2.13. The predicted molar refractivity (Wildman–Crippen MR) is 68.3 cm³/mol. The Kier molecular flexibility index (Phi) is 4.66. The monoisotopic (exact) mass is 254 g/mol. The average Bonchev–Trinajstić information content (AvgIpc) is 2.79. The maximum Gasteiger partial charge on any atom is 0.126 e. The number of halogens is 2. The molecule has 0 amide bonds. The summed E-state index contributed by atoms with van der Waals surface area (Å²) in [6.07, 6.45) is 2.41. The molecule has 0 bridgehead atoms. The normalized spacial score (nSPS) is 19.7. The zero-order chi connectivity index (χ0) is 13.0. The Hall–Kier alpha value is -1.00. The van der Waals surface area contributed by atoms with Crippen LogP contribution < -0.4 is 5.32 Å². The molecule has 1 unspecified atom stereocenters. The third-order valence-electron chi connectivity index (χ3n) is 3.42. The first-order chi connectivity index (χ1) is 8.67. The summed E-state index contributed by atoms with van der Waals surface area (Å²) >= 11 is 0. The highest BCUT2D eigenvalue weighted by Gasteiger charge is 2.17. The van der Waals surface area contributed by atoms with Gasteiger partial charge in [-0.25, -0.2) is 8.78 Å². The number of nitrogens with one attached hydrogen (secondary N) is 1. The second-order valence-corrected chi connectivity index (χ2v) is 4.90. The fourth-order valence-corrected chi connectivity index (χ4v) is 2.49. The van der Waals surface area contributed by atoms with E-state index in [0.29, 0.717) is 18.2 Å². The molecule has 1 aliphatic heterocycles. The minimum absolute atomic E-state index is 0.500. The lowest BCUT2D eigenvalue weighted by molar-refractivity contribution is 0.253. The van der Waals surface area contributed by atoms with E-state index < -0.39 is 11.6 Å². The maximum atomic E-state index is 13.1. The van der Waals surface area contributed by atoms with Crippen molar-refractivity contribution in [3.8, 4) is 0 Å². The minimum atomic E-state index is -0.500. The Morgan fingerprint density at radius 1 is 1.28 bits per heavy atom. The van der Waals surface area contributed by atoms with Crippen molar-refractivity contribution >= 4 is 0 Å². The Balaban J connectivity index is 1.95. The molecule has 1 atom stereocenters. The van der Waals surface area contributed by atoms with E-state index >= 15 is 0 Å². The zero-order valence-electron chi connectivity index (χ0n) is 10.8. The summed E-state index contributed by atoms with van der Waals surface area (Å²) in [6, 6.07) is 4.25. The second kappa shape index (κ2) is 6.25. The molecular weight excluding hydrogens is 234 g/mol. The first kappa shape index (κ1) is 13.4. The molecule has 1 fully saturated rings. The molecule has 1 saturated heterocycles. The molecule has 1 heterocycles. The summed E-state index contributed by atoms with van der Waals surface area (Å²) < 4.78 is 26.2. The Bertz CT molecular complexity index is 369. The molecule has 2 nitrogen and oxygen atoms in total. The van der Waals surface area contributed by atoms with Gasteiger partial charge in [-0.2, -0.15) is 0 Å². The van der Waals surface area contributed by atoms with Crippen LogP contribution in [0.3, 0.4) is 0 Å². The van der Waals surface area contributed by atoms with Gasteiger partial charge in [-0.15, -0.1) is 0 Å². The molecule has 2 rings (SSSR count). The van der Waals surface area contributed by atoms with Gasteiger partial charge in [0.15, 0.2) is 0 Å². The van der Waals surface area contributed by atoms with Crippen LogP contribution in [0.25, 0.3) is 0 Å². The van der Waals surface area contributed by atoms with Gasteiger partial charge in [-0.05, 0) is 43.6 Å². The van der Waals surface area contributed by atoms with Crippen molar-refractivity contribution in [1.29, 1.82) is 0 Å². The lowest BCUT2D eigenvalue weighted by atomic mass is 10.1. The van der Waals surface area contributed by atoms with Gasteiger partial charge in [-0.3, -0.25) is 4.90 Å². The topological polar surface area (TPSA) is 15.3 Å². The maximum absolute atomic E-state index is 13.1. The van der Waals surface area contributed by atoms with E-state index in [1.54, 1.807) is 0 Å². The van der Waals surface area contributed by atoms with Crippen molar-refractivity contribution in [3.05, 3.63) is 35.4 Å². The standard InChI is InChI=1S/C14H20F2N2/c1-2-18(10-14-4-3-5-17-14)9-11-6-12(15)8-13(16)7-11/h6-8,14,17H,2-5,9-10H2,1H3. The summed E-state index contributed by atoms with van der Waals surface area (Å²) in [6.45, 7) is 5.58. The Morgan fingerprint density at radius 3 is 2.56 bits per heavy atom. The van der Waals surface area contributed by atoms with Gasteiger partial charge in [0.2, 0.25) is 0 Å². The fourth-order valence-electron chi connectivity index (χ4n) is 2.49. The average molecular weight is 254 g/mol. The molecule has 1 aliphatic rings. The molecule has 1 aromatic carbocycles. The van der Waals surface area contributed by atoms with Crippen LogP contribution in [0.5, 0.6) is 0 Å². The van der Waals surface area contributed by atoms with Crippen molar-refractivity contribution in [3.63, 3.8) is 0 Å². The number of benzene rings is 1. The van der Waals surface area contributed by atoms with Gasteiger partial charge in [0, 0.05) is 25.2 Å². The van der Waals surface area contributed by atoms with Gasteiger partial charge in [-0.1, -0.05) is 6.92 Å². The van der Waals surface area contributed by atoms with Crippen LogP contribution in [0.4, 0.5) is 8.78 Å².